The molecule has 1 N–H and O–H groups in total. The van der Waals surface area contributed by atoms with Crippen LogP contribution in [0, 0.1) is 12.3 Å². The minimum Gasteiger partial charge on any atom is -0.352 e. The van der Waals surface area contributed by atoms with Crippen molar-refractivity contribution in [3.63, 3.8) is 0 Å². The van der Waals surface area contributed by atoms with Crippen LogP contribution in [0.15, 0.2) is 89.8 Å². The summed E-state index contributed by atoms with van der Waals surface area (Å²) in [6.45, 7) is 3.63. The molecule has 3 aromatic carbocycles. The van der Waals surface area contributed by atoms with Gasteiger partial charge in [0.15, 0.2) is 0 Å². The van der Waals surface area contributed by atoms with Crippen LogP contribution in [0.25, 0.3) is 27.4 Å². The maximum Gasteiger partial charge on any atom is 0.124 e. The molecule has 34 heavy (non-hydrogen) atoms. The lowest BCUT2D eigenvalue weighted by atomic mass is 10.00. The lowest BCUT2D eigenvalue weighted by Crippen LogP contribution is -2.33. The number of aryl methyl sites for hydroxylation is 1. The first-order valence-corrected chi connectivity index (χ1v) is 13.4. The van der Waals surface area contributed by atoms with E-state index in [4.69, 9.17) is 10.4 Å². The molecule has 3 nitrogen and oxygen atoms in total. The van der Waals surface area contributed by atoms with Crippen molar-refractivity contribution in [2.75, 3.05) is 12.8 Å². The van der Waals surface area contributed by atoms with Gasteiger partial charge in [-0.15, -0.1) is 23.1 Å². The predicted octanol–water partition coefficient (Wildman–Crippen LogP) is 7.77. The second-order valence-electron chi connectivity index (χ2n) is 8.51. The molecule has 0 saturated carbocycles. The van der Waals surface area contributed by atoms with Crippen molar-refractivity contribution in [3.05, 3.63) is 101 Å². The summed E-state index contributed by atoms with van der Waals surface area (Å²) in [6.07, 6.45) is 5.00. The second-order valence-corrected chi connectivity index (χ2v) is 10.4. The summed E-state index contributed by atoms with van der Waals surface area (Å²) >= 11 is 3.49. The van der Waals surface area contributed by atoms with E-state index in [1.807, 2.05) is 6.07 Å². The number of thioether (sulfide) groups is 1. The molecule has 0 bridgehead atoms. The zero-order valence-corrected chi connectivity index (χ0v) is 21.0. The van der Waals surface area contributed by atoms with Crippen molar-refractivity contribution >= 4 is 34.5 Å². The topological polar surface area (TPSA) is 40.0 Å². The molecule has 0 saturated heterocycles. The highest BCUT2D eigenvalue weighted by atomic mass is 32.2. The molecule has 1 aliphatic heterocycles. The number of aromatic nitrogens is 1. The average Bonchev–Trinajstić information content (AvgIpc) is 3.32. The summed E-state index contributed by atoms with van der Waals surface area (Å²) in [5.74, 6) is 0.663. The summed E-state index contributed by atoms with van der Waals surface area (Å²) < 4.78 is 0. The van der Waals surface area contributed by atoms with Crippen molar-refractivity contribution in [2.45, 2.75) is 24.8 Å². The molecule has 5 heteroatoms. The highest BCUT2D eigenvalue weighted by Gasteiger charge is 2.23. The fourth-order valence-electron chi connectivity index (χ4n) is 4.21. The molecule has 0 spiro atoms. The first-order valence-electron chi connectivity index (χ1n) is 11.4. The summed E-state index contributed by atoms with van der Waals surface area (Å²) in [6, 6.07) is 27.6. The Balaban J connectivity index is 1.50. The van der Waals surface area contributed by atoms with Gasteiger partial charge in [0.2, 0.25) is 0 Å². The Morgan fingerprint density at radius 3 is 2.47 bits per heavy atom. The number of thiazole rings is 1. The lowest BCUT2D eigenvalue weighted by Gasteiger charge is -2.29. The zero-order chi connectivity index (χ0) is 23.5. The third-order valence-corrected chi connectivity index (χ3v) is 7.98. The van der Waals surface area contributed by atoms with Crippen LogP contribution in [0.1, 0.15) is 22.4 Å². The Kier molecular flexibility index (Phi) is 6.66. The van der Waals surface area contributed by atoms with E-state index in [2.05, 4.69) is 97.0 Å². The van der Waals surface area contributed by atoms with Crippen LogP contribution in [-0.2, 0) is 6.54 Å². The smallest absolute Gasteiger partial charge is 0.124 e. The van der Waals surface area contributed by atoms with Crippen molar-refractivity contribution in [2.24, 2.45) is 0 Å². The van der Waals surface area contributed by atoms with Gasteiger partial charge in [0.1, 0.15) is 10.8 Å². The van der Waals surface area contributed by atoms with Crippen LogP contribution in [0.3, 0.4) is 0 Å². The van der Waals surface area contributed by atoms with Crippen molar-refractivity contribution < 1.29 is 0 Å². The number of rotatable bonds is 6. The Hall–Kier alpha value is -3.15. The SMILES string of the molecule is CSc1ccc(-c2nc(-c3cccc(C)c3)c(C3=CCN(Cc4ccccc4)C(=N)C3)s2)cc1. The molecule has 5 rings (SSSR count). The van der Waals surface area contributed by atoms with Crippen LogP contribution in [0.4, 0.5) is 0 Å². The Morgan fingerprint density at radius 2 is 1.76 bits per heavy atom. The summed E-state index contributed by atoms with van der Waals surface area (Å²) in [4.78, 5) is 9.70. The quantitative estimate of drug-likeness (QED) is 0.286. The molecular weight excluding hydrogens is 454 g/mol. The Labute approximate surface area is 209 Å². The minimum absolute atomic E-state index is 0.624. The molecule has 0 unspecified atom stereocenters. The van der Waals surface area contributed by atoms with Crippen molar-refractivity contribution in [3.8, 4) is 21.8 Å². The first kappa shape index (κ1) is 22.6. The molecule has 0 aliphatic carbocycles. The van der Waals surface area contributed by atoms with Gasteiger partial charge < -0.3 is 4.90 Å². The molecule has 2 heterocycles. The van der Waals surface area contributed by atoms with Crippen molar-refractivity contribution in [1.29, 1.82) is 5.41 Å². The molecule has 0 amide bonds. The third-order valence-electron chi connectivity index (χ3n) is 6.06. The highest BCUT2D eigenvalue weighted by molar-refractivity contribution is 7.98. The van der Waals surface area contributed by atoms with Gasteiger partial charge in [-0.05, 0) is 42.5 Å². The largest absolute Gasteiger partial charge is 0.352 e. The minimum atomic E-state index is 0.624. The van der Waals surface area contributed by atoms with E-state index in [1.165, 1.54) is 26.5 Å². The summed E-state index contributed by atoms with van der Waals surface area (Å²) in [7, 11) is 0. The maximum absolute atomic E-state index is 8.77. The van der Waals surface area contributed by atoms with Gasteiger partial charge in [-0.2, -0.15) is 0 Å². The van der Waals surface area contributed by atoms with Gasteiger partial charge in [-0.1, -0.05) is 72.3 Å². The van der Waals surface area contributed by atoms with E-state index in [0.717, 1.165) is 34.9 Å². The van der Waals surface area contributed by atoms with Crippen LogP contribution in [-0.4, -0.2) is 28.5 Å². The van der Waals surface area contributed by atoms with E-state index in [9.17, 15) is 0 Å². The van der Waals surface area contributed by atoms with Crippen molar-refractivity contribution in [1.82, 2.24) is 9.88 Å². The Bertz CT molecular complexity index is 1340. The number of hydrogen-bond donors (Lipinski definition) is 1. The molecule has 4 aromatic rings. The highest BCUT2D eigenvalue weighted by Crippen LogP contribution is 2.40. The second kappa shape index (κ2) is 10.00. The lowest BCUT2D eigenvalue weighted by molar-refractivity contribution is 0.441. The third kappa shape index (κ3) is 4.86. The summed E-state index contributed by atoms with van der Waals surface area (Å²) in [5, 5.41) is 9.79. The van der Waals surface area contributed by atoms with Crippen LogP contribution in [0.2, 0.25) is 0 Å². The molecule has 170 valence electrons. The number of amidine groups is 1. The summed E-state index contributed by atoms with van der Waals surface area (Å²) in [5.41, 5.74) is 6.96. The van der Waals surface area contributed by atoms with E-state index in [1.54, 1.807) is 23.1 Å². The van der Waals surface area contributed by atoms with Crippen LogP contribution < -0.4 is 0 Å². The first-order chi connectivity index (χ1) is 16.6. The molecule has 0 atom stereocenters. The molecule has 0 radical (unpaired) electrons. The van der Waals surface area contributed by atoms with Gasteiger partial charge in [0.25, 0.3) is 0 Å². The Morgan fingerprint density at radius 1 is 0.971 bits per heavy atom. The van der Waals surface area contributed by atoms with Gasteiger partial charge in [0.05, 0.1) is 10.6 Å². The van der Waals surface area contributed by atoms with Gasteiger partial charge in [-0.3, -0.25) is 5.41 Å². The van der Waals surface area contributed by atoms with Crippen LogP contribution >= 0.6 is 23.1 Å². The molecule has 0 fully saturated rings. The zero-order valence-electron chi connectivity index (χ0n) is 19.4. The van der Waals surface area contributed by atoms with E-state index < -0.39 is 0 Å². The maximum atomic E-state index is 8.77. The van der Waals surface area contributed by atoms with E-state index in [0.29, 0.717) is 12.3 Å². The van der Waals surface area contributed by atoms with E-state index >= 15 is 0 Å². The van der Waals surface area contributed by atoms with Gasteiger partial charge in [-0.25, -0.2) is 4.98 Å². The number of nitrogens with one attached hydrogen (secondary N) is 1. The number of nitrogens with zero attached hydrogens (tertiary/aromatic N) is 2. The monoisotopic (exact) mass is 481 g/mol. The normalized spacial score (nSPS) is 13.8. The van der Waals surface area contributed by atoms with E-state index in [-0.39, 0.29) is 0 Å². The van der Waals surface area contributed by atoms with Crippen LogP contribution in [0.5, 0.6) is 0 Å². The number of hydrogen-bond acceptors (Lipinski definition) is 4. The number of benzene rings is 3. The van der Waals surface area contributed by atoms with Gasteiger partial charge in [0, 0.05) is 35.5 Å². The van der Waals surface area contributed by atoms with Gasteiger partial charge >= 0.3 is 0 Å². The predicted molar refractivity (Wildman–Crippen MR) is 147 cm³/mol. The molecule has 1 aliphatic rings. The standard InChI is InChI=1S/C29H27N3S2/c1-20-7-6-10-23(17-20)27-28(34-29(31-27)22-11-13-25(33-2)14-12-22)24-15-16-32(26(30)18-24)19-21-8-4-3-5-9-21/h3-15,17,30H,16,18-19H2,1-2H3. The fourth-order valence-corrected chi connectivity index (χ4v) is 5.75. The average molecular weight is 482 g/mol. The molecule has 1 aromatic heterocycles. The fraction of sp³-hybridized carbons (Fsp3) is 0.172. The molecular formula is C29H27N3S2.